The molecular weight excluding hydrogens is 256 g/mol. The quantitative estimate of drug-likeness (QED) is 0.819. The molecule has 0 saturated carbocycles. The van der Waals surface area contributed by atoms with Gasteiger partial charge in [0.05, 0.1) is 11.9 Å². The molecular formula is C14H20N4O2. The van der Waals surface area contributed by atoms with E-state index in [1.54, 1.807) is 23.1 Å². The van der Waals surface area contributed by atoms with E-state index < -0.39 is 0 Å². The van der Waals surface area contributed by atoms with Crippen LogP contribution in [0.1, 0.15) is 36.3 Å². The number of carbonyl (C=O) groups excluding carboxylic acids is 1. The molecule has 0 unspecified atom stereocenters. The van der Waals surface area contributed by atoms with Crippen molar-refractivity contribution in [2.24, 2.45) is 0 Å². The van der Waals surface area contributed by atoms with Crippen LogP contribution >= 0.6 is 0 Å². The molecule has 108 valence electrons. The zero-order valence-electron chi connectivity index (χ0n) is 11.9. The number of rotatable bonds is 6. The van der Waals surface area contributed by atoms with E-state index in [9.17, 15) is 4.79 Å². The number of aromatic nitrogens is 3. The summed E-state index contributed by atoms with van der Waals surface area (Å²) in [6.07, 6.45) is 6.26. The van der Waals surface area contributed by atoms with Crippen molar-refractivity contribution in [2.75, 3.05) is 5.73 Å². The monoisotopic (exact) mass is 276 g/mol. The summed E-state index contributed by atoms with van der Waals surface area (Å²) in [6.45, 7) is 5.81. The second-order valence-corrected chi connectivity index (χ2v) is 4.63. The highest BCUT2D eigenvalue weighted by Gasteiger charge is 2.14. The van der Waals surface area contributed by atoms with E-state index in [1.807, 2.05) is 24.6 Å². The number of aryl methyl sites for hydroxylation is 2. The lowest BCUT2D eigenvalue weighted by molar-refractivity contribution is 0.0460. The topological polar surface area (TPSA) is 75.1 Å². The van der Waals surface area contributed by atoms with E-state index in [-0.39, 0.29) is 12.6 Å². The van der Waals surface area contributed by atoms with Crippen molar-refractivity contribution >= 4 is 11.7 Å². The van der Waals surface area contributed by atoms with Crippen LogP contribution in [0.15, 0.2) is 24.7 Å². The van der Waals surface area contributed by atoms with Gasteiger partial charge in [-0.15, -0.1) is 0 Å². The van der Waals surface area contributed by atoms with Gasteiger partial charge in [0.15, 0.2) is 0 Å². The van der Waals surface area contributed by atoms with E-state index in [0.717, 1.165) is 25.1 Å². The van der Waals surface area contributed by atoms with E-state index in [4.69, 9.17) is 10.5 Å². The summed E-state index contributed by atoms with van der Waals surface area (Å²) in [6, 6.07) is 1.65. The summed E-state index contributed by atoms with van der Waals surface area (Å²) in [5, 5.41) is 4.14. The average molecular weight is 276 g/mol. The lowest BCUT2D eigenvalue weighted by Crippen LogP contribution is -2.11. The summed E-state index contributed by atoms with van der Waals surface area (Å²) in [5.41, 5.74) is 7.68. The SMILES string of the molecule is CCCn1cc(N)cc1C(=O)OCc1cnn(CC)c1. The van der Waals surface area contributed by atoms with Gasteiger partial charge in [-0.25, -0.2) is 4.79 Å². The molecule has 0 atom stereocenters. The second-order valence-electron chi connectivity index (χ2n) is 4.63. The first-order chi connectivity index (χ1) is 9.63. The van der Waals surface area contributed by atoms with Crippen molar-refractivity contribution in [1.82, 2.24) is 14.3 Å². The molecule has 6 heteroatoms. The molecule has 2 rings (SSSR count). The van der Waals surface area contributed by atoms with Gasteiger partial charge in [0.2, 0.25) is 0 Å². The average Bonchev–Trinajstić information content (AvgIpc) is 3.03. The van der Waals surface area contributed by atoms with E-state index in [1.165, 1.54) is 0 Å². The number of carbonyl (C=O) groups is 1. The van der Waals surface area contributed by atoms with E-state index in [2.05, 4.69) is 5.10 Å². The van der Waals surface area contributed by atoms with Gasteiger partial charge in [0.25, 0.3) is 0 Å². The molecule has 0 bridgehead atoms. The molecule has 0 aliphatic rings. The lowest BCUT2D eigenvalue weighted by atomic mass is 10.3. The Balaban J connectivity index is 2.01. The fourth-order valence-corrected chi connectivity index (χ4v) is 2.01. The Bertz CT molecular complexity index is 586. The number of hydrogen-bond donors (Lipinski definition) is 1. The minimum atomic E-state index is -0.362. The maximum absolute atomic E-state index is 12.1. The predicted molar refractivity (Wildman–Crippen MR) is 76.2 cm³/mol. The predicted octanol–water partition coefficient (Wildman–Crippen LogP) is 2.05. The summed E-state index contributed by atoms with van der Waals surface area (Å²) >= 11 is 0. The van der Waals surface area contributed by atoms with E-state index in [0.29, 0.717) is 11.4 Å². The lowest BCUT2D eigenvalue weighted by Gasteiger charge is -2.07. The highest BCUT2D eigenvalue weighted by atomic mass is 16.5. The molecule has 20 heavy (non-hydrogen) atoms. The molecule has 0 aliphatic heterocycles. The minimum Gasteiger partial charge on any atom is -0.456 e. The highest BCUT2D eigenvalue weighted by Crippen LogP contribution is 2.13. The molecule has 0 fully saturated rings. The molecule has 0 saturated heterocycles. The van der Waals surface area contributed by atoms with Crippen molar-refractivity contribution in [2.45, 2.75) is 40.0 Å². The highest BCUT2D eigenvalue weighted by molar-refractivity contribution is 5.89. The molecule has 2 N–H and O–H groups in total. The number of nitrogens with two attached hydrogens (primary N) is 1. The van der Waals surface area contributed by atoms with Crippen molar-refractivity contribution < 1.29 is 9.53 Å². The third kappa shape index (κ3) is 3.20. The van der Waals surface area contributed by atoms with Gasteiger partial charge >= 0.3 is 5.97 Å². The fourth-order valence-electron chi connectivity index (χ4n) is 2.01. The molecule has 0 amide bonds. The number of nitrogen functional groups attached to an aromatic ring is 1. The van der Waals surface area contributed by atoms with Crippen molar-refractivity contribution in [3.63, 3.8) is 0 Å². The van der Waals surface area contributed by atoms with Crippen molar-refractivity contribution in [3.8, 4) is 0 Å². The number of nitrogens with zero attached hydrogens (tertiary/aromatic N) is 3. The first kappa shape index (κ1) is 14.2. The van der Waals surface area contributed by atoms with Crippen LogP contribution in [0.5, 0.6) is 0 Å². The Morgan fingerprint density at radius 1 is 1.40 bits per heavy atom. The molecule has 2 aromatic heterocycles. The molecule has 2 aromatic rings. The molecule has 0 spiro atoms. The van der Waals surface area contributed by atoms with Crippen molar-refractivity contribution in [3.05, 3.63) is 35.9 Å². The Kier molecular flexibility index (Phi) is 4.45. The van der Waals surface area contributed by atoms with Crippen LogP contribution in [-0.2, 0) is 24.4 Å². The molecule has 0 radical (unpaired) electrons. The van der Waals surface area contributed by atoms with Gasteiger partial charge in [-0.05, 0) is 19.4 Å². The Morgan fingerprint density at radius 3 is 2.85 bits per heavy atom. The summed E-state index contributed by atoms with van der Waals surface area (Å²) in [5.74, 6) is -0.362. The van der Waals surface area contributed by atoms with Gasteiger partial charge in [-0.2, -0.15) is 5.10 Å². The molecule has 0 aromatic carbocycles. The zero-order valence-corrected chi connectivity index (χ0v) is 11.9. The standard InChI is InChI=1S/C14H20N4O2/c1-3-5-17-9-12(15)6-13(17)14(19)20-10-11-7-16-18(4-2)8-11/h6-9H,3-5,10,15H2,1-2H3. The van der Waals surface area contributed by atoms with Gasteiger partial charge in [0, 0.05) is 31.0 Å². The Labute approximate surface area is 118 Å². The van der Waals surface area contributed by atoms with Crippen LogP contribution in [0.25, 0.3) is 0 Å². The number of hydrogen-bond acceptors (Lipinski definition) is 4. The van der Waals surface area contributed by atoms with Crippen LogP contribution in [0.4, 0.5) is 5.69 Å². The maximum atomic E-state index is 12.1. The summed E-state index contributed by atoms with van der Waals surface area (Å²) in [4.78, 5) is 12.1. The molecule has 6 nitrogen and oxygen atoms in total. The zero-order chi connectivity index (χ0) is 14.5. The second kappa shape index (κ2) is 6.27. The number of ether oxygens (including phenoxy) is 1. The van der Waals surface area contributed by atoms with Crippen LogP contribution < -0.4 is 5.73 Å². The van der Waals surface area contributed by atoms with Crippen molar-refractivity contribution in [1.29, 1.82) is 0 Å². The minimum absolute atomic E-state index is 0.218. The number of anilines is 1. The normalized spacial score (nSPS) is 10.7. The first-order valence-electron chi connectivity index (χ1n) is 6.78. The molecule has 0 aliphatic carbocycles. The third-order valence-corrected chi connectivity index (χ3v) is 2.97. The van der Waals surface area contributed by atoms with Crippen LogP contribution in [0.3, 0.4) is 0 Å². The number of esters is 1. The van der Waals surface area contributed by atoms with Crippen LogP contribution in [0, 0.1) is 0 Å². The molecule has 2 heterocycles. The Hall–Kier alpha value is -2.24. The summed E-state index contributed by atoms with van der Waals surface area (Å²) < 4.78 is 8.92. The van der Waals surface area contributed by atoms with Crippen LogP contribution in [-0.4, -0.2) is 20.3 Å². The van der Waals surface area contributed by atoms with Gasteiger partial charge in [-0.1, -0.05) is 6.92 Å². The summed E-state index contributed by atoms with van der Waals surface area (Å²) in [7, 11) is 0. The Morgan fingerprint density at radius 2 is 2.20 bits per heavy atom. The smallest absolute Gasteiger partial charge is 0.355 e. The maximum Gasteiger partial charge on any atom is 0.355 e. The van der Waals surface area contributed by atoms with Gasteiger partial charge in [-0.3, -0.25) is 4.68 Å². The van der Waals surface area contributed by atoms with Gasteiger partial charge in [0.1, 0.15) is 12.3 Å². The van der Waals surface area contributed by atoms with E-state index >= 15 is 0 Å². The largest absolute Gasteiger partial charge is 0.456 e. The van der Waals surface area contributed by atoms with Gasteiger partial charge < -0.3 is 15.0 Å². The fraction of sp³-hybridized carbons (Fsp3) is 0.429. The third-order valence-electron chi connectivity index (χ3n) is 2.97. The first-order valence-corrected chi connectivity index (χ1v) is 6.78. The van der Waals surface area contributed by atoms with Crippen LogP contribution in [0.2, 0.25) is 0 Å².